The van der Waals surface area contributed by atoms with E-state index in [9.17, 15) is 14.0 Å². The van der Waals surface area contributed by atoms with Crippen LogP contribution in [0.1, 0.15) is 22.5 Å². The van der Waals surface area contributed by atoms with Crippen molar-refractivity contribution in [2.45, 2.75) is 13.8 Å². The van der Waals surface area contributed by atoms with Crippen molar-refractivity contribution in [1.82, 2.24) is 4.57 Å². The van der Waals surface area contributed by atoms with Crippen LogP contribution >= 0.6 is 11.6 Å². The highest BCUT2D eigenvalue weighted by Gasteiger charge is 2.12. The largest absolute Gasteiger partial charge is 0.318 e. The maximum atomic E-state index is 13.4. The molecule has 0 aliphatic carbocycles. The molecule has 0 atom stereocenters. The predicted octanol–water partition coefficient (Wildman–Crippen LogP) is 6.09. The Morgan fingerprint density at radius 2 is 1.77 bits per heavy atom. The molecule has 0 unspecified atom stereocenters. The lowest BCUT2D eigenvalue weighted by Gasteiger charge is -2.10. The number of aryl methyl sites for hydroxylation is 1. The summed E-state index contributed by atoms with van der Waals surface area (Å²) in [7, 11) is 0. The van der Waals surface area contributed by atoms with Gasteiger partial charge in [0, 0.05) is 17.1 Å². The zero-order valence-electron chi connectivity index (χ0n) is 14.2. The standard InChI is InChI=1S/C21H15ClF2N2/c1-13-9-16(10-17(12-25)15-3-5-18(23)6-4-15)14(2)26(13)19-7-8-21(24)20(22)11-19/h3-11H,1-2H3/b17-10-. The van der Waals surface area contributed by atoms with Crippen LogP contribution in [0, 0.1) is 36.8 Å². The molecule has 0 radical (unpaired) electrons. The van der Waals surface area contributed by atoms with Gasteiger partial charge in [0.05, 0.1) is 16.7 Å². The van der Waals surface area contributed by atoms with Crippen LogP contribution in [0.5, 0.6) is 0 Å². The zero-order chi connectivity index (χ0) is 18.8. The normalized spacial score (nSPS) is 11.5. The summed E-state index contributed by atoms with van der Waals surface area (Å²) in [5.41, 5.74) is 4.48. The van der Waals surface area contributed by atoms with E-state index < -0.39 is 5.82 Å². The van der Waals surface area contributed by atoms with Gasteiger partial charge in [0.2, 0.25) is 0 Å². The summed E-state index contributed by atoms with van der Waals surface area (Å²) < 4.78 is 28.5. The topological polar surface area (TPSA) is 28.7 Å². The lowest BCUT2D eigenvalue weighted by atomic mass is 10.0. The van der Waals surface area contributed by atoms with Crippen LogP contribution in [0.15, 0.2) is 48.5 Å². The minimum Gasteiger partial charge on any atom is -0.318 e. The number of aromatic nitrogens is 1. The van der Waals surface area contributed by atoms with Gasteiger partial charge in [0.1, 0.15) is 11.6 Å². The van der Waals surface area contributed by atoms with E-state index in [4.69, 9.17) is 11.6 Å². The van der Waals surface area contributed by atoms with Gasteiger partial charge in [-0.2, -0.15) is 5.26 Å². The minimum atomic E-state index is -0.471. The molecule has 0 N–H and O–H groups in total. The minimum absolute atomic E-state index is 0.0520. The molecule has 1 aromatic heterocycles. The van der Waals surface area contributed by atoms with Gasteiger partial charge >= 0.3 is 0 Å². The summed E-state index contributed by atoms with van der Waals surface area (Å²) in [4.78, 5) is 0. The molecule has 0 amide bonds. The molecule has 3 aromatic rings. The summed E-state index contributed by atoms with van der Waals surface area (Å²) in [6, 6.07) is 14.4. The van der Waals surface area contributed by atoms with Crippen LogP contribution < -0.4 is 0 Å². The molecule has 0 saturated heterocycles. The van der Waals surface area contributed by atoms with Crippen molar-refractivity contribution in [3.8, 4) is 11.8 Å². The molecule has 0 saturated carbocycles. The van der Waals surface area contributed by atoms with E-state index in [0.717, 1.165) is 22.6 Å². The second kappa shape index (κ2) is 7.15. The summed E-state index contributed by atoms with van der Waals surface area (Å²) in [5.74, 6) is -0.821. The number of allylic oxidation sites excluding steroid dienone is 1. The Bertz CT molecular complexity index is 1040. The van der Waals surface area contributed by atoms with Gasteiger partial charge in [0.15, 0.2) is 0 Å². The van der Waals surface area contributed by atoms with Crippen LogP contribution in [-0.2, 0) is 0 Å². The lowest BCUT2D eigenvalue weighted by Crippen LogP contribution is -1.99. The fourth-order valence-corrected chi connectivity index (χ4v) is 3.10. The quantitative estimate of drug-likeness (QED) is 0.514. The second-order valence-corrected chi connectivity index (χ2v) is 6.34. The Kier molecular flexibility index (Phi) is 4.92. The van der Waals surface area contributed by atoms with Crippen LogP contribution in [-0.4, -0.2) is 4.57 Å². The van der Waals surface area contributed by atoms with E-state index in [0.29, 0.717) is 11.1 Å². The first-order valence-electron chi connectivity index (χ1n) is 7.93. The van der Waals surface area contributed by atoms with Crippen LogP contribution in [0.4, 0.5) is 8.78 Å². The van der Waals surface area contributed by atoms with Crippen molar-refractivity contribution in [2.75, 3.05) is 0 Å². The first kappa shape index (κ1) is 17.9. The van der Waals surface area contributed by atoms with Gasteiger partial charge in [-0.05, 0) is 67.4 Å². The van der Waals surface area contributed by atoms with Crippen LogP contribution in [0.2, 0.25) is 5.02 Å². The smallest absolute Gasteiger partial charge is 0.141 e. The molecule has 3 rings (SSSR count). The molecule has 0 bridgehead atoms. The van der Waals surface area contributed by atoms with Gasteiger partial charge in [-0.15, -0.1) is 0 Å². The van der Waals surface area contributed by atoms with Gasteiger partial charge in [-0.25, -0.2) is 8.78 Å². The predicted molar refractivity (Wildman–Crippen MR) is 100 cm³/mol. The number of halogens is 3. The maximum absolute atomic E-state index is 13.4. The van der Waals surface area contributed by atoms with Gasteiger partial charge in [0.25, 0.3) is 0 Å². The van der Waals surface area contributed by atoms with Crippen molar-refractivity contribution < 1.29 is 8.78 Å². The Hall–Kier alpha value is -2.90. The molecule has 2 nitrogen and oxygen atoms in total. The molecular weight excluding hydrogens is 354 g/mol. The number of nitrogens with zero attached hydrogens (tertiary/aromatic N) is 2. The number of benzene rings is 2. The van der Waals surface area contributed by atoms with Crippen molar-refractivity contribution in [3.05, 3.63) is 87.7 Å². The summed E-state index contributed by atoms with van der Waals surface area (Å²) in [6.07, 6.45) is 1.76. The van der Waals surface area contributed by atoms with E-state index in [1.165, 1.54) is 18.2 Å². The van der Waals surface area contributed by atoms with Gasteiger partial charge in [-0.3, -0.25) is 0 Å². The highest BCUT2D eigenvalue weighted by Crippen LogP contribution is 2.27. The van der Waals surface area contributed by atoms with E-state index in [1.54, 1.807) is 30.3 Å². The Balaban J connectivity index is 2.08. The molecule has 0 fully saturated rings. The molecular formula is C21H15ClF2N2. The first-order valence-corrected chi connectivity index (χ1v) is 8.30. The molecule has 0 aliphatic heterocycles. The van der Waals surface area contributed by atoms with E-state index in [2.05, 4.69) is 6.07 Å². The first-order chi connectivity index (χ1) is 12.4. The third-order valence-corrected chi connectivity index (χ3v) is 4.50. The Labute approximate surface area is 155 Å². The molecule has 5 heteroatoms. The fourth-order valence-electron chi connectivity index (χ4n) is 2.92. The third kappa shape index (κ3) is 3.40. The molecule has 0 aliphatic rings. The highest BCUT2D eigenvalue weighted by atomic mass is 35.5. The van der Waals surface area contributed by atoms with E-state index in [-0.39, 0.29) is 10.8 Å². The molecule has 0 spiro atoms. The van der Waals surface area contributed by atoms with Crippen molar-refractivity contribution >= 4 is 23.3 Å². The summed E-state index contributed by atoms with van der Waals surface area (Å²) in [5, 5.41) is 9.54. The van der Waals surface area contributed by atoms with Crippen LogP contribution in [0.25, 0.3) is 17.3 Å². The van der Waals surface area contributed by atoms with Gasteiger partial charge < -0.3 is 4.57 Å². The Morgan fingerprint density at radius 3 is 2.38 bits per heavy atom. The maximum Gasteiger partial charge on any atom is 0.141 e. The number of hydrogen-bond acceptors (Lipinski definition) is 1. The number of rotatable bonds is 3. The molecule has 130 valence electrons. The van der Waals surface area contributed by atoms with Crippen molar-refractivity contribution in [2.24, 2.45) is 0 Å². The highest BCUT2D eigenvalue weighted by molar-refractivity contribution is 6.30. The van der Waals surface area contributed by atoms with E-state index in [1.807, 2.05) is 24.5 Å². The summed E-state index contributed by atoms with van der Waals surface area (Å²) in [6.45, 7) is 3.83. The zero-order valence-corrected chi connectivity index (χ0v) is 15.0. The number of hydrogen-bond donors (Lipinski definition) is 0. The fraction of sp³-hybridized carbons (Fsp3) is 0.0952. The second-order valence-electron chi connectivity index (χ2n) is 5.94. The molecule has 1 heterocycles. The third-order valence-electron chi connectivity index (χ3n) is 4.21. The van der Waals surface area contributed by atoms with E-state index >= 15 is 0 Å². The van der Waals surface area contributed by atoms with Crippen molar-refractivity contribution in [3.63, 3.8) is 0 Å². The SMILES string of the molecule is Cc1cc(/C=C(/C#N)c2ccc(F)cc2)c(C)n1-c1ccc(F)c(Cl)c1. The monoisotopic (exact) mass is 368 g/mol. The average molecular weight is 369 g/mol. The van der Waals surface area contributed by atoms with Gasteiger partial charge in [-0.1, -0.05) is 23.7 Å². The Morgan fingerprint density at radius 1 is 1.08 bits per heavy atom. The summed E-state index contributed by atoms with van der Waals surface area (Å²) >= 11 is 5.90. The average Bonchev–Trinajstić information content (AvgIpc) is 2.90. The van der Waals surface area contributed by atoms with Crippen LogP contribution in [0.3, 0.4) is 0 Å². The number of nitriles is 1. The molecule has 2 aromatic carbocycles. The van der Waals surface area contributed by atoms with Crippen molar-refractivity contribution in [1.29, 1.82) is 5.26 Å². The molecule has 26 heavy (non-hydrogen) atoms. The lowest BCUT2D eigenvalue weighted by molar-refractivity contribution is 0.627.